The molecule has 0 spiro atoms. The van der Waals surface area contributed by atoms with Gasteiger partial charge in [0.1, 0.15) is 6.04 Å². The minimum Gasteiger partial charge on any atom is -0.378 e. The van der Waals surface area contributed by atoms with Crippen molar-refractivity contribution in [3.63, 3.8) is 0 Å². The Bertz CT molecular complexity index is 360. The Labute approximate surface area is 120 Å². The van der Waals surface area contributed by atoms with Crippen LogP contribution in [0.4, 0.5) is 0 Å². The van der Waals surface area contributed by atoms with Crippen molar-refractivity contribution >= 4 is 11.8 Å². The Balaban J connectivity index is 1.77. The van der Waals surface area contributed by atoms with Gasteiger partial charge in [-0.25, -0.2) is 0 Å². The highest BCUT2D eigenvalue weighted by molar-refractivity contribution is 5.95. The number of piperazine rings is 1. The first kappa shape index (κ1) is 15.3. The van der Waals surface area contributed by atoms with Gasteiger partial charge in [0.05, 0.1) is 19.8 Å². The topological polar surface area (TPSA) is 53.1 Å². The average Bonchev–Trinajstić information content (AvgIpc) is 2.43. The molecule has 114 valence electrons. The molecule has 6 nitrogen and oxygen atoms in total. The van der Waals surface area contributed by atoms with Crippen LogP contribution < -0.4 is 0 Å². The minimum atomic E-state index is -0.216. The summed E-state index contributed by atoms with van der Waals surface area (Å²) < 4.78 is 5.51. The van der Waals surface area contributed by atoms with Gasteiger partial charge in [0.15, 0.2) is 0 Å². The van der Waals surface area contributed by atoms with Crippen LogP contribution in [-0.2, 0) is 14.3 Å². The molecule has 0 aromatic heterocycles. The standard InChI is InChI=1S/C14H25N3O3/c1-15(2)7-9-20-10-8-16-11-13(18)17-6-4-3-5-12(17)14(16)19/h12H,3-11H2,1-2H3. The number of nitrogens with zero attached hydrogens (tertiary/aromatic N) is 3. The molecule has 2 aliphatic heterocycles. The Morgan fingerprint density at radius 3 is 2.80 bits per heavy atom. The number of ether oxygens (including phenoxy) is 1. The Morgan fingerprint density at radius 1 is 1.25 bits per heavy atom. The van der Waals surface area contributed by atoms with E-state index in [2.05, 4.69) is 4.90 Å². The third-order valence-corrected chi connectivity index (χ3v) is 3.93. The van der Waals surface area contributed by atoms with Crippen LogP contribution in [0.15, 0.2) is 0 Å². The van der Waals surface area contributed by atoms with Crippen molar-refractivity contribution in [2.24, 2.45) is 0 Å². The van der Waals surface area contributed by atoms with E-state index < -0.39 is 0 Å². The summed E-state index contributed by atoms with van der Waals surface area (Å²) >= 11 is 0. The van der Waals surface area contributed by atoms with E-state index in [1.807, 2.05) is 14.1 Å². The van der Waals surface area contributed by atoms with Gasteiger partial charge in [-0.2, -0.15) is 0 Å². The van der Waals surface area contributed by atoms with Gasteiger partial charge < -0.3 is 19.4 Å². The van der Waals surface area contributed by atoms with Crippen LogP contribution in [0.2, 0.25) is 0 Å². The van der Waals surface area contributed by atoms with E-state index in [0.29, 0.717) is 19.8 Å². The maximum atomic E-state index is 12.3. The van der Waals surface area contributed by atoms with Gasteiger partial charge in [-0.05, 0) is 33.4 Å². The highest BCUT2D eigenvalue weighted by Gasteiger charge is 2.39. The van der Waals surface area contributed by atoms with Crippen LogP contribution in [0.5, 0.6) is 0 Å². The molecular weight excluding hydrogens is 258 g/mol. The summed E-state index contributed by atoms with van der Waals surface area (Å²) in [7, 11) is 3.99. The number of hydrogen-bond acceptors (Lipinski definition) is 4. The number of carbonyl (C=O) groups excluding carboxylic acids is 2. The molecule has 2 saturated heterocycles. The van der Waals surface area contributed by atoms with Gasteiger partial charge >= 0.3 is 0 Å². The number of carbonyl (C=O) groups is 2. The maximum Gasteiger partial charge on any atom is 0.245 e. The second kappa shape index (κ2) is 7.04. The van der Waals surface area contributed by atoms with E-state index in [-0.39, 0.29) is 24.4 Å². The summed E-state index contributed by atoms with van der Waals surface area (Å²) in [6.45, 7) is 3.48. The van der Waals surface area contributed by atoms with E-state index in [1.165, 1.54) is 0 Å². The molecule has 1 atom stereocenters. The van der Waals surface area contributed by atoms with Gasteiger partial charge in [0, 0.05) is 19.6 Å². The molecule has 0 saturated carbocycles. The van der Waals surface area contributed by atoms with Crippen molar-refractivity contribution in [1.29, 1.82) is 0 Å². The Hall–Kier alpha value is -1.14. The molecule has 2 fully saturated rings. The molecule has 2 aliphatic rings. The maximum absolute atomic E-state index is 12.3. The number of rotatable bonds is 6. The minimum absolute atomic E-state index is 0.0857. The molecule has 0 aromatic carbocycles. The number of piperidine rings is 1. The molecular formula is C14H25N3O3. The second-order valence-corrected chi connectivity index (χ2v) is 5.77. The largest absolute Gasteiger partial charge is 0.378 e. The van der Waals surface area contributed by atoms with Crippen LogP contribution in [0.3, 0.4) is 0 Å². The first-order valence-electron chi connectivity index (χ1n) is 7.40. The SMILES string of the molecule is CN(C)CCOCCN1CC(=O)N2CCCCC2C1=O. The average molecular weight is 283 g/mol. The molecule has 0 N–H and O–H groups in total. The Morgan fingerprint density at radius 2 is 2.05 bits per heavy atom. The molecule has 0 bridgehead atoms. The van der Waals surface area contributed by atoms with Crippen molar-refractivity contribution in [2.45, 2.75) is 25.3 Å². The molecule has 0 aromatic rings. The van der Waals surface area contributed by atoms with Crippen molar-refractivity contribution < 1.29 is 14.3 Å². The number of likely N-dealkylation sites (N-methyl/N-ethyl adjacent to an activating group) is 1. The van der Waals surface area contributed by atoms with Crippen molar-refractivity contribution in [1.82, 2.24) is 14.7 Å². The monoisotopic (exact) mass is 283 g/mol. The van der Waals surface area contributed by atoms with E-state index in [0.717, 1.165) is 32.4 Å². The molecule has 6 heteroatoms. The van der Waals surface area contributed by atoms with Crippen LogP contribution in [0.1, 0.15) is 19.3 Å². The smallest absolute Gasteiger partial charge is 0.245 e. The molecule has 2 amide bonds. The number of amides is 2. The molecule has 1 unspecified atom stereocenters. The number of hydrogen-bond donors (Lipinski definition) is 0. The lowest BCUT2D eigenvalue weighted by Crippen LogP contribution is -2.61. The highest BCUT2D eigenvalue weighted by Crippen LogP contribution is 2.22. The van der Waals surface area contributed by atoms with Gasteiger partial charge in [-0.15, -0.1) is 0 Å². The molecule has 0 radical (unpaired) electrons. The van der Waals surface area contributed by atoms with Crippen LogP contribution in [0, 0.1) is 0 Å². The third-order valence-electron chi connectivity index (χ3n) is 3.93. The van der Waals surface area contributed by atoms with E-state index in [1.54, 1.807) is 9.80 Å². The second-order valence-electron chi connectivity index (χ2n) is 5.77. The van der Waals surface area contributed by atoms with Crippen molar-refractivity contribution in [3.8, 4) is 0 Å². The zero-order chi connectivity index (χ0) is 14.5. The lowest BCUT2D eigenvalue weighted by atomic mass is 9.98. The van der Waals surface area contributed by atoms with E-state index in [4.69, 9.17) is 4.74 Å². The fourth-order valence-corrected chi connectivity index (χ4v) is 2.74. The summed E-state index contributed by atoms with van der Waals surface area (Å²) in [5.41, 5.74) is 0. The van der Waals surface area contributed by atoms with Crippen LogP contribution >= 0.6 is 0 Å². The predicted octanol–water partition coefficient (Wildman–Crippen LogP) is -0.212. The van der Waals surface area contributed by atoms with Crippen LogP contribution in [0.25, 0.3) is 0 Å². The first-order chi connectivity index (χ1) is 9.59. The molecule has 2 rings (SSSR count). The summed E-state index contributed by atoms with van der Waals surface area (Å²) in [6, 6.07) is -0.216. The highest BCUT2D eigenvalue weighted by atomic mass is 16.5. The van der Waals surface area contributed by atoms with Gasteiger partial charge in [0.25, 0.3) is 0 Å². The zero-order valence-corrected chi connectivity index (χ0v) is 12.5. The third kappa shape index (κ3) is 3.70. The van der Waals surface area contributed by atoms with Crippen molar-refractivity contribution in [3.05, 3.63) is 0 Å². The number of fused-ring (bicyclic) bond motifs is 1. The summed E-state index contributed by atoms with van der Waals surface area (Å²) in [4.78, 5) is 29.9. The Kier molecular flexibility index (Phi) is 5.37. The van der Waals surface area contributed by atoms with Crippen molar-refractivity contribution in [2.75, 3.05) is 53.5 Å². The van der Waals surface area contributed by atoms with E-state index >= 15 is 0 Å². The summed E-state index contributed by atoms with van der Waals surface area (Å²) in [5.74, 6) is 0.183. The first-order valence-corrected chi connectivity index (χ1v) is 7.40. The summed E-state index contributed by atoms with van der Waals surface area (Å²) in [5, 5.41) is 0. The van der Waals surface area contributed by atoms with Gasteiger partial charge in [-0.1, -0.05) is 0 Å². The molecule has 0 aliphatic carbocycles. The van der Waals surface area contributed by atoms with E-state index in [9.17, 15) is 9.59 Å². The molecule has 20 heavy (non-hydrogen) atoms. The fraction of sp³-hybridized carbons (Fsp3) is 0.857. The summed E-state index contributed by atoms with van der Waals surface area (Å²) in [6.07, 6.45) is 2.86. The zero-order valence-electron chi connectivity index (χ0n) is 12.5. The predicted molar refractivity (Wildman–Crippen MR) is 75.3 cm³/mol. The van der Waals surface area contributed by atoms with Gasteiger partial charge in [-0.3, -0.25) is 9.59 Å². The lowest BCUT2D eigenvalue weighted by Gasteiger charge is -2.42. The van der Waals surface area contributed by atoms with Crippen LogP contribution in [-0.4, -0.2) is 86.0 Å². The fourth-order valence-electron chi connectivity index (χ4n) is 2.74. The lowest BCUT2D eigenvalue weighted by molar-refractivity contribution is -0.158. The van der Waals surface area contributed by atoms with Gasteiger partial charge in [0.2, 0.25) is 11.8 Å². The quantitative estimate of drug-likeness (QED) is 0.633. The normalized spacial score (nSPS) is 23.4. The molecule has 2 heterocycles.